The number of benzene rings is 8. The molecule has 2 heterocycles. The molecule has 0 aliphatic rings. The molecule has 0 bridgehead atoms. The van der Waals surface area contributed by atoms with Crippen LogP contribution in [-0.2, 0) is 0 Å². The Kier molecular flexibility index (Phi) is 6.18. The van der Waals surface area contributed by atoms with Crippen LogP contribution in [0.3, 0.4) is 0 Å². The molecule has 2 aromatic heterocycles. The van der Waals surface area contributed by atoms with E-state index in [0.717, 1.165) is 83.2 Å². The Morgan fingerprint density at radius 2 is 0.918 bits per heavy atom. The van der Waals surface area contributed by atoms with Gasteiger partial charge in [0, 0.05) is 49.6 Å². The highest BCUT2D eigenvalue weighted by atomic mass is 16.3. The molecule has 0 saturated heterocycles. The van der Waals surface area contributed by atoms with Crippen LogP contribution in [0.15, 0.2) is 185 Å². The number of rotatable bonds is 5. The molecule has 0 saturated carbocycles. The largest absolute Gasteiger partial charge is 0.455 e. The van der Waals surface area contributed by atoms with Crippen molar-refractivity contribution in [1.29, 1.82) is 0 Å². The van der Waals surface area contributed by atoms with Gasteiger partial charge < -0.3 is 13.7 Å². The number of furan rings is 2. The summed E-state index contributed by atoms with van der Waals surface area (Å²) in [7, 11) is 0. The first-order chi connectivity index (χ1) is 24.3. The van der Waals surface area contributed by atoms with E-state index in [2.05, 4.69) is 169 Å². The molecule has 0 aliphatic carbocycles. The third kappa shape index (κ3) is 4.44. The second-order valence-electron chi connectivity index (χ2n) is 12.5. The summed E-state index contributed by atoms with van der Waals surface area (Å²) < 4.78 is 13.1. The zero-order chi connectivity index (χ0) is 32.3. The lowest BCUT2D eigenvalue weighted by Gasteiger charge is -2.28. The molecule has 0 spiro atoms. The highest BCUT2D eigenvalue weighted by molar-refractivity contribution is 6.14. The molecule has 10 aromatic rings. The lowest BCUT2D eigenvalue weighted by molar-refractivity contribution is 0.670. The lowest BCUT2D eigenvalue weighted by atomic mass is 9.98. The second-order valence-corrected chi connectivity index (χ2v) is 12.5. The maximum absolute atomic E-state index is 6.69. The van der Waals surface area contributed by atoms with Crippen molar-refractivity contribution in [2.45, 2.75) is 0 Å². The third-order valence-corrected chi connectivity index (χ3v) is 9.66. The van der Waals surface area contributed by atoms with Crippen LogP contribution in [0.1, 0.15) is 0 Å². The molecular formula is C46H29NO2. The van der Waals surface area contributed by atoms with Gasteiger partial charge in [-0.2, -0.15) is 0 Å². The van der Waals surface area contributed by atoms with Crippen LogP contribution < -0.4 is 4.90 Å². The predicted octanol–water partition coefficient (Wildman–Crippen LogP) is 13.4. The Hall–Kier alpha value is -6.58. The molecule has 230 valence electrons. The van der Waals surface area contributed by atoms with Crippen molar-refractivity contribution in [2.24, 2.45) is 0 Å². The number of nitrogens with zero attached hydrogens (tertiary/aromatic N) is 1. The Morgan fingerprint density at radius 1 is 0.347 bits per heavy atom. The second kappa shape index (κ2) is 11.0. The highest BCUT2D eigenvalue weighted by Crippen LogP contribution is 2.45. The fourth-order valence-corrected chi connectivity index (χ4v) is 7.36. The number of anilines is 3. The molecule has 0 aliphatic heterocycles. The summed E-state index contributed by atoms with van der Waals surface area (Å²) in [5.74, 6) is 0. The third-order valence-electron chi connectivity index (χ3n) is 9.66. The van der Waals surface area contributed by atoms with Crippen molar-refractivity contribution in [1.82, 2.24) is 0 Å². The molecule has 0 radical (unpaired) electrons. The van der Waals surface area contributed by atoms with Crippen molar-refractivity contribution in [3.8, 4) is 22.3 Å². The van der Waals surface area contributed by atoms with Crippen LogP contribution in [-0.4, -0.2) is 0 Å². The van der Waals surface area contributed by atoms with Gasteiger partial charge in [-0.1, -0.05) is 127 Å². The van der Waals surface area contributed by atoms with Gasteiger partial charge in [-0.25, -0.2) is 0 Å². The van der Waals surface area contributed by atoms with E-state index in [1.807, 2.05) is 12.1 Å². The highest BCUT2D eigenvalue weighted by Gasteiger charge is 2.21. The predicted molar refractivity (Wildman–Crippen MR) is 204 cm³/mol. The summed E-state index contributed by atoms with van der Waals surface area (Å²) in [6, 6.07) is 61.9. The van der Waals surface area contributed by atoms with Crippen molar-refractivity contribution in [2.75, 3.05) is 4.90 Å². The summed E-state index contributed by atoms with van der Waals surface area (Å²) in [4.78, 5) is 2.33. The Labute approximate surface area is 282 Å². The molecule has 3 nitrogen and oxygen atoms in total. The van der Waals surface area contributed by atoms with Crippen molar-refractivity contribution < 1.29 is 8.83 Å². The van der Waals surface area contributed by atoms with E-state index >= 15 is 0 Å². The van der Waals surface area contributed by atoms with Crippen molar-refractivity contribution in [3.63, 3.8) is 0 Å². The summed E-state index contributed by atoms with van der Waals surface area (Å²) in [6.45, 7) is 0. The molecule has 0 N–H and O–H groups in total. The van der Waals surface area contributed by atoms with Crippen molar-refractivity contribution in [3.05, 3.63) is 176 Å². The van der Waals surface area contributed by atoms with Crippen LogP contribution in [0.2, 0.25) is 0 Å². The number of para-hydroxylation sites is 5. The molecule has 3 heteroatoms. The quantitative estimate of drug-likeness (QED) is 0.190. The maximum atomic E-state index is 6.69. The van der Waals surface area contributed by atoms with Gasteiger partial charge in [0.1, 0.15) is 22.3 Å². The molecule has 0 unspecified atom stereocenters. The van der Waals surface area contributed by atoms with Gasteiger partial charge >= 0.3 is 0 Å². The molecule has 8 aromatic carbocycles. The SMILES string of the molecule is c1ccc(N(c2ccc(-c3cccc4c3oc3ccccc34)cc2)c2ccccc2-c2cccc3c2oc2cc4ccccc4cc23)cc1. The fraction of sp³-hybridized carbons (Fsp3) is 0. The van der Waals surface area contributed by atoms with Gasteiger partial charge in [-0.05, 0) is 64.9 Å². The van der Waals surface area contributed by atoms with E-state index in [0.29, 0.717) is 0 Å². The van der Waals surface area contributed by atoms with Crippen LogP contribution in [0.25, 0.3) is 76.9 Å². The minimum Gasteiger partial charge on any atom is -0.455 e. The van der Waals surface area contributed by atoms with Gasteiger partial charge in [0.2, 0.25) is 0 Å². The normalized spacial score (nSPS) is 11.7. The monoisotopic (exact) mass is 627 g/mol. The fourth-order valence-electron chi connectivity index (χ4n) is 7.36. The average molecular weight is 628 g/mol. The molecule has 0 amide bonds. The topological polar surface area (TPSA) is 29.5 Å². The Bertz CT molecular complexity index is 2830. The maximum Gasteiger partial charge on any atom is 0.143 e. The minimum absolute atomic E-state index is 0.891. The molecule has 10 rings (SSSR count). The number of hydrogen-bond acceptors (Lipinski definition) is 3. The summed E-state index contributed by atoms with van der Waals surface area (Å²) in [6.07, 6.45) is 0. The van der Waals surface area contributed by atoms with Gasteiger partial charge in [-0.3, -0.25) is 0 Å². The first-order valence-corrected chi connectivity index (χ1v) is 16.6. The smallest absolute Gasteiger partial charge is 0.143 e. The zero-order valence-corrected chi connectivity index (χ0v) is 26.5. The number of hydrogen-bond donors (Lipinski definition) is 0. The Morgan fingerprint density at radius 3 is 1.76 bits per heavy atom. The van der Waals surface area contributed by atoms with E-state index in [4.69, 9.17) is 8.83 Å². The van der Waals surface area contributed by atoms with Gasteiger partial charge in [0.15, 0.2) is 0 Å². The van der Waals surface area contributed by atoms with Crippen molar-refractivity contribution >= 4 is 71.7 Å². The molecule has 49 heavy (non-hydrogen) atoms. The summed E-state index contributed by atoms with van der Waals surface area (Å²) in [5.41, 5.74) is 11.1. The first-order valence-electron chi connectivity index (χ1n) is 16.6. The molecule has 0 atom stereocenters. The van der Waals surface area contributed by atoms with E-state index in [-0.39, 0.29) is 0 Å². The molecular weight excluding hydrogens is 599 g/mol. The zero-order valence-electron chi connectivity index (χ0n) is 26.5. The van der Waals surface area contributed by atoms with Gasteiger partial charge in [0.25, 0.3) is 0 Å². The summed E-state index contributed by atoms with van der Waals surface area (Å²) >= 11 is 0. The van der Waals surface area contributed by atoms with E-state index in [1.54, 1.807) is 0 Å². The van der Waals surface area contributed by atoms with Crippen LogP contribution in [0, 0.1) is 0 Å². The molecule has 0 fully saturated rings. The van der Waals surface area contributed by atoms with E-state index in [9.17, 15) is 0 Å². The van der Waals surface area contributed by atoms with Gasteiger partial charge in [-0.15, -0.1) is 0 Å². The number of fused-ring (bicyclic) bond motifs is 7. The van der Waals surface area contributed by atoms with Crippen LogP contribution in [0.5, 0.6) is 0 Å². The van der Waals surface area contributed by atoms with Gasteiger partial charge in [0.05, 0.1) is 5.69 Å². The lowest BCUT2D eigenvalue weighted by Crippen LogP contribution is -2.11. The van der Waals surface area contributed by atoms with E-state index < -0.39 is 0 Å². The summed E-state index contributed by atoms with van der Waals surface area (Å²) in [5, 5.41) is 6.89. The van der Waals surface area contributed by atoms with Crippen LogP contribution in [0.4, 0.5) is 17.1 Å². The minimum atomic E-state index is 0.891. The van der Waals surface area contributed by atoms with E-state index in [1.165, 1.54) is 10.8 Å². The first kappa shape index (κ1) is 27.5. The average Bonchev–Trinajstić information content (AvgIpc) is 3.73. The van der Waals surface area contributed by atoms with Crippen LogP contribution >= 0.6 is 0 Å². The standard InChI is InChI=1S/C46H29NO2/c1-2-14-33(15-3-1)47(34-26-24-30(25-27-34)35-18-10-20-39-37-17-7-9-23-43(37)48-45(35)39)42-22-8-6-16-36(42)38-19-11-21-40-41-28-31-12-4-5-13-32(31)29-44(41)49-46(38)40/h1-29H. The Balaban J connectivity index is 1.13.